The number of rotatable bonds is 6. The molecule has 0 fully saturated rings. The fourth-order valence-corrected chi connectivity index (χ4v) is 1.82. The van der Waals surface area contributed by atoms with Gasteiger partial charge in [-0.1, -0.05) is 26.7 Å². The van der Waals surface area contributed by atoms with Gasteiger partial charge in [0, 0.05) is 49.1 Å². The summed E-state index contributed by atoms with van der Waals surface area (Å²) in [6, 6.07) is 0.273. The van der Waals surface area contributed by atoms with Crippen molar-refractivity contribution < 1.29 is 42.4 Å². The van der Waals surface area contributed by atoms with Crippen molar-refractivity contribution in [1.29, 1.82) is 0 Å². The maximum absolute atomic E-state index is 10.4. The van der Waals surface area contributed by atoms with Crippen molar-refractivity contribution in [3.63, 3.8) is 0 Å². The van der Waals surface area contributed by atoms with E-state index in [-0.39, 0.29) is 43.3 Å². The van der Waals surface area contributed by atoms with Crippen molar-refractivity contribution in [3.05, 3.63) is 0 Å². The van der Waals surface area contributed by atoms with E-state index in [1.54, 1.807) is 0 Å². The molecule has 0 atom stereocenters. The first-order valence-electron chi connectivity index (χ1n) is 5.73. The van der Waals surface area contributed by atoms with Crippen LogP contribution >= 0.6 is 0 Å². The van der Waals surface area contributed by atoms with Crippen molar-refractivity contribution >= 4 is 5.71 Å². The molecule has 0 unspecified atom stereocenters. The standard InChI is InChI=1S/C12H25NO.Er/c1-6-8-12(14,9-7-2)11(5)13-10(3)4;/h10,14H,6-9H2,1-5H3;. The van der Waals surface area contributed by atoms with Gasteiger partial charge in [0.1, 0.15) is 5.60 Å². The van der Waals surface area contributed by atoms with Crippen LogP contribution in [0, 0.1) is 37.3 Å². The third kappa shape index (κ3) is 6.92. The van der Waals surface area contributed by atoms with Gasteiger partial charge in [-0.05, 0) is 33.6 Å². The Labute approximate surface area is 124 Å². The minimum atomic E-state index is -0.659. The van der Waals surface area contributed by atoms with Crippen LogP contribution in [0.25, 0.3) is 0 Å². The molecule has 0 saturated carbocycles. The third-order valence-electron chi connectivity index (χ3n) is 2.45. The van der Waals surface area contributed by atoms with Crippen molar-refractivity contribution in [2.75, 3.05) is 0 Å². The first-order valence-corrected chi connectivity index (χ1v) is 5.73. The fraction of sp³-hybridized carbons (Fsp3) is 0.917. The van der Waals surface area contributed by atoms with Gasteiger partial charge >= 0.3 is 0 Å². The number of nitrogens with zero attached hydrogens (tertiary/aromatic N) is 1. The molecular formula is C12H25ErNO. The summed E-state index contributed by atoms with van der Waals surface area (Å²) < 4.78 is 0. The van der Waals surface area contributed by atoms with E-state index in [1.807, 2.05) is 20.8 Å². The van der Waals surface area contributed by atoms with Gasteiger partial charge < -0.3 is 5.11 Å². The van der Waals surface area contributed by atoms with Crippen molar-refractivity contribution in [1.82, 2.24) is 0 Å². The Kier molecular flexibility index (Phi) is 10.9. The van der Waals surface area contributed by atoms with Crippen LogP contribution in [0.1, 0.15) is 60.3 Å². The second-order valence-corrected chi connectivity index (χ2v) is 4.34. The molecule has 0 aliphatic carbocycles. The van der Waals surface area contributed by atoms with Crippen molar-refractivity contribution in [2.45, 2.75) is 71.9 Å². The van der Waals surface area contributed by atoms with E-state index in [2.05, 4.69) is 18.8 Å². The molecule has 0 rings (SSSR count). The molecule has 0 aromatic carbocycles. The second-order valence-electron chi connectivity index (χ2n) is 4.34. The van der Waals surface area contributed by atoms with Crippen LogP contribution < -0.4 is 0 Å². The van der Waals surface area contributed by atoms with E-state index in [9.17, 15) is 5.11 Å². The Morgan fingerprint density at radius 2 is 1.60 bits per heavy atom. The van der Waals surface area contributed by atoms with Gasteiger partial charge in [0.25, 0.3) is 0 Å². The minimum absolute atomic E-state index is 0. The van der Waals surface area contributed by atoms with Crippen LogP contribution in [0.4, 0.5) is 0 Å². The molecule has 15 heavy (non-hydrogen) atoms. The zero-order valence-electron chi connectivity index (χ0n) is 10.6. The molecule has 0 aliphatic rings. The predicted molar refractivity (Wildman–Crippen MR) is 63.0 cm³/mol. The van der Waals surface area contributed by atoms with Gasteiger partial charge in [0.05, 0.1) is 0 Å². The van der Waals surface area contributed by atoms with Gasteiger partial charge in [-0.15, -0.1) is 0 Å². The van der Waals surface area contributed by atoms with E-state index < -0.39 is 5.60 Å². The van der Waals surface area contributed by atoms with Crippen LogP contribution in [0.3, 0.4) is 0 Å². The third-order valence-corrected chi connectivity index (χ3v) is 2.45. The molecular weight excluding hydrogens is 341 g/mol. The SMILES string of the molecule is CCCC(O)(CCC)C(C)=NC(C)C.[Er]. The molecule has 0 radical (unpaired) electrons. The second kappa shape index (κ2) is 8.96. The summed E-state index contributed by atoms with van der Waals surface area (Å²) >= 11 is 0. The van der Waals surface area contributed by atoms with E-state index in [1.165, 1.54) is 0 Å². The van der Waals surface area contributed by atoms with Gasteiger partial charge in [0.15, 0.2) is 0 Å². The van der Waals surface area contributed by atoms with E-state index in [4.69, 9.17) is 0 Å². The molecule has 3 heteroatoms. The fourth-order valence-electron chi connectivity index (χ4n) is 1.82. The van der Waals surface area contributed by atoms with Crippen LogP contribution in [0.5, 0.6) is 0 Å². The summed E-state index contributed by atoms with van der Waals surface area (Å²) in [6.45, 7) is 10.2. The predicted octanol–water partition coefficient (Wildman–Crippen LogP) is 3.19. The monoisotopic (exact) mass is 365 g/mol. The summed E-state index contributed by atoms with van der Waals surface area (Å²) in [5.74, 6) is 0. The smallest absolute Gasteiger partial charge is 0.102 e. The topological polar surface area (TPSA) is 32.6 Å². The molecule has 0 bridgehead atoms. The average Bonchev–Trinajstić information content (AvgIpc) is 2.03. The molecule has 0 aliphatic heterocycles. The number of aliphatic imine (C=N–C) groups is 1. The molecule has 0 aromatic heterocycles. The molecule has 0 heterocycles. The number of hydrogen-bond acceptors (Lipinski definition) is 2. The number of aliphatic hydroxyl groups is 1. The largest absolute Gasteiger partial charge is 0.384 e. The zero-order chi connectivity index (χ0) is 11.2. The molecule has 0 spiro atoms. The molecule has 96 valence electrons. The Bertz CT molecular complexity index is 184. The van der Waals surface area contributed by atoms with Crippen molar-refractivity contribution in [2.24, 2.45) is 4.99 Å². The van der Waals surface area contributed by atoms with E-state index in [0.717, 1.165) is 31.4 Å². The first kappa shape index (κ1) is 18.2. The summed E-state index contributed by atoms with van der Waals surface area (Å²) in [4.78, 5) is 4.45. The Balaban J connectivity index is 0. The summed E-state index contributed by atoms with van der Waals surface area (Å²) in [5.41, 5.74) is 0.240. The Hall–Kier alpha value is 0.877. The summed E-state index contributed by atoms with van der Waals surface area (Å²) in [6.07, 6.45) is 3.65. The van der Waals surface area contributed by atoms with Gasteiger partial charge in [-0.2, -0.15) is 0 Å². The average molecular weight is 367 g/mol. The van der Waals surface area contributed by atoms with E-state index in [0.29, 0.717) is 0 Å². The summed E-state index contributed by atoms with van der Waals surface area (Å²) in [5, 5.41) is 10.4. The maximum Gasteiger partial charge on any atom is 0.102 e. The molecule has 1 N–H and O–H groups in total. The molecule has 0 aromatic rings. The van der Waals surface area contributed by atoms with Crippen LogP contribution in [0.2, 0.25) is 0 Å². The van der Waals surface area contributed by atoms with Gasteiger partial charge in [0.2, 0.25) is 0 Å². The van der Waals surface area contributed by atoms with Gasteiger partial charge in [-0.3, -0.25) is 4.99 Å². The molecule has 2 nitrogen and oxygen atoms in total. The normalized spacial score (nSPS) is 12.9. The first-order chi connectivity index (χ1) is 6.46. The Morgan fingerprint density at radius 1 is 1.20 bits per heavy atom. The zero-order valence-corrected chi connectivity index (χ0v) is 12.4. The Morgan fingerprint density at radius 3 is 1.87 bits per heavy atom. The minimum Gasteiger partial charge on any atom is -0.384 e. The molecule has 0 amide bonds. The van der Waals surface area contributed by atoms with E-state index >= 15 is 0 Å². The van der Waals surface area contributed by atoms with Crippen LogP contribution in [-0.2, 0) is 0 Å². The molecule has 0 saturated heterocycles. The quantitative estimate of drug-likeness (QED) is 0.720. The van der Waals surface area contributed by atoms with Gasteiger partial charge in [-0.25, -0.2) is 0 Å². The van der Waals surface area contributed by atoms with Crippen LogP contribution in [-0.4, -0.2) is 22.5 Å². The van der Waals surface area contributed by atoms with Crippen molar-refractivity contribution in [3.8, 4) is 0 Å². The maximum atomic E-state index is 10.4. The summed E-state index contributed by atoms with van der Waals surface area (Å²) in [7, 11) is 0. The van der Waals surface area contributed by atoms with Crippen LogP contribution in [0.15, 0.2) is 4.99 Å². The number of hydrogen-bond donors (Lipinski definition) is 1.